The minimum atomic E-state index is 0.339. The van der Waals surface area contributed by atoms with Crippen LogP contribution < -0.4 is 4.80 Å². The molecule has 0 aliphatic rings. The molecule has 0 aromatic carbocycles. The fourth-order valence-electron chi connectivity index (χ4n) is 0.755. The predicted molar refractivity (Wildman–Crippen MR) is 57.5 cm³/mol. The van der Waals surface area contributed by atoms with Crippen molar-refractivity contribution in [3.05, 3.63) is 8.72 Å². The summed E-state index contributed by atoms with van der Waals surface area (Å²) in [5.41, 5.74) is 0. The van der Waals surface area contributed by atoms with Crippen LogP contribution in [-0.4, -0.2) is 23.1 Å². The van der Waals surface area contributed by atoms with Gasteiger partial charge in [0.05, 0.1) is 5.37 Å². The van der Waals surface area contributed by atoms with E-state index in [1.807, 2.05) is 4.68 Å². The average molecular weight is 268 g/mol. The van der Waals surface area contributed by atoms with Gasteiger partial charge in [-0.05, 0) is 29.1 Å². The van der Waals surface area contributed by atoms with Gasteiger partial charge in [-0.2, -0.15) is 5.10 Å². The zero-order valence-corrected chi connectivity index (χ0v) is 10.3. The van der Waals surface area contributed by atoms with Crippen molar-refractivity contribution in [2.75, 3.05) is 13.3 Å². The van der Waals surface area contributed by atoms with E-state index in [2.05, 4.69) is 39.2 Å². The minimum Gasteiger partial charge on any atom is -0.261 e. The van der Waals surface area contributed by atoms with Crippen LogP contribution in [0.1, 0.15) is 12.3 Å². The van der Waals surface area contributed by atoms with Gasteiger partial charge in [0.1, 0.15) is 0 Å². The Bertz CT molecular complexity index is 317. The maximum Gasteiger partial charge on any atom is 0.204 e. The van der Waals surface area contributed by atoms with E-state index < -0.39 is 0 Å². The van der Waals surface area contributed by atoms with Crippen LogP contribution in [0.4, 0.5) is 0 Å². The molecule has 1 rings (SSSR count). The van der Waals surface area contributed by atoms with Crippen molar-refractivity contribution in [1.29, 1.82) is 0 Å². The van der Waals surface area contributed by atoms with Gasteiger partial charge >= 0.3 is 0 Å². The fraction of sp³-hybridized carbons (Fsp3) is 0.667. The molecule has 68 valence electrons. The lowest BCUT2D eigenvalue weighted by Gasteiger charge is -2.06. The highest BCUT2D eigenvalue weighted by Crippen LogP contribution is 2.18. The summed E-state index contributed by atoms with van der Waals surface area (Å²) in [5.74, 6) is 0. The lowest BCUT2D eigenvalue weighted by atomic mass is 10.7. The quantitative estimate of drug-likeness (QED) is 0.822. The van der Waals surface area contributed by atoms with E-state index in [1.165, 1.54) is 0 Å². The number of halogens is 1. The Labute approximate surface area is 88.0 Å². The number of aromatic nitrogens is 2. The molecule has 6 heteroatoms. The van der Waals surface area contributed by atoms with Gasteiger partial charge in [-0.15, -0.1) is 11.8 Å². The monoisotopic (exact) mass is 267 g/mol. The van der Waals surface area contributed by atoms with Crippen LogP contribution in [-0.2, 0) is 0 Å². The van der Waals surface area contributed by atoms with E-state index in [1.54, 1.807) is 30.1 Å². The van der Waals surface area contributed by atoms with Gasteiger partial charge in [0.2, 0.25) is 4.80 Å². The summed E-state index contributed by atoms with van der Waals surface area (Å²) in [5, 5.41) is 4.63. The number of hydrogen-bond acceptors (Lipinski definition) is 4. The van der Waals surface area contributed by atoms with Crippen molar-refractivity contribution in [3.8, 4) is 0 Å². The molecule has 0 bridgehead atoms. The Morgan fingerprint density at radius 2 is 2.42 bits per heavy atom. The number of rotatable bonds is 2. The van der Waals surface area contributed by atoms with Gasteiger partial charge in [-0.25, -0.2) is 4.68 Å². The molecular weight excluding hydrogens is 258 g/mol. The van der Waals surface area contributed by atoms with Crippen LogP contribution in [0.5, 0.6) is 0 Å². The number of thioether (sulfide) groups is 1. The molecule has 0 amide bonds. The Morgan fingerprint density at radius 3 is 2.92 bits per heavy atom. The third kappa shape index (κ3) is 2.11. The molecule has 12 heavy (non-hydrogen) atoms. The van der Waals surface area contributed by atoms with Crippen LogP contribution in [0, 0.1) is 0 Å². The van der Waals surface area contributed by atoms with Gasteiger partial charge in [-0.3, -0.25) is 4.99 Å². The second kappa shape index (κ2) is 4.43. The van der Waals surface area contributed by atoms with Crippen molar-refractivity contribution in [3.63, 3.8) is 0 Å². The maximum atomic E-state index is 4.29. The van der Waals surface area contributed by atoms with Crippen LogP contribution in [0.15, 0.2) is 8.91 Å². The summed E-state index contributed by atoms with van der Waals surface area (Å²) in [6, 6.07) is 0. The first-order valence-corrected chi connectivity index (χ1v) is 6.29. The third-order valence-electron chi connectivity index (χ3n) is 1.43. The van der Waals surface area contributed by atoms with Gasteiger partial charge in [0.25, 0.3) is 0 Å². The van der Waals surface area contributed by atoms with Gasteiger partial charge < -0.3 is 0 Å². The molecule has 0 radical (unpaired) electrons. The molecule has 0 saturated carbocycles. The van der Waals surface area contributed by atoms with Gasteiger partial charge in [-0.1, -0.05) is 11.3 Å². The van der Waals surface area contributed by atoms with Crippen LogP contribution in [0.2, 0.25) is 0 Å². The minimum absolute atomic E-state index is 0.339. The number of nitrogens with zero attached hydrogens (tertiary/aromatic N) is 3. The van der Waals surface area contributed by atoms with Crippen molar-refractivity contribution >= 4 is 39.0 Å². The van der Waals surface area contributed by atoms with E-state index in [0.717, 1.165) is 8.72 Å². The summed E-state index contributed by atoms with van der Waals surface area (Å²) in [6.07, 6.45) is 2.06. The van der Waals surface area contributed by atoms with E-state index in [-0.39, 0.29) is 0 Å². The summed E-state index contributed by atoms with van der Waals surface area (Å²) >= 11 is 6.63. The Morgan fingerprint density at radius 1 is 1.75 bits per heavy atom. The Kier molecular flexibility index (Phi) is 3.79. The summed E-state index contributed by atoms with van der Waals surface area (Å²) in [7, 11) is 1.78. The zero-order chi connectivity index (χ0) is 9.14. The highest BCUT2D eigenvalue weighted by molar-refractivity contribution is 9.11. The van der Waals surface area contributed by atoms with Crippen LogP contribution >= 0.6 is 39.0 Å². The predicted octanol–water partition coefficient (Wildman–Crippen LogP) is 2.12. The van der Waals surface area contributed by atoms with Crippen LogP contribution in [0.25, 0.3) is 0 Å². The highest BCUT2D eigenvalue weighted by Gasteiger charge is 2.07. The fourth-order valence-corrected chi connectivity index (χ4v) is 2.44. The molecule has 0 aliphatic carbocycles. The smallest absolute Gasteiger partial charge is 0.204 e. The summed E-state index contributed by atoms with van der Waals surface area (Å²) < 4.78 is 2.79. The van der Waals surface area contributed by atoms with Crippen molar-refractivity contribution < 1.29 is 0 Å². The van der Waals surface area contributed by atoms with E-state index in [4.69, 9.17) is 0 Å². The highest BCUT2D eigenvalue weighted by atomic mass is 79.9. The van der Waals surface area contributed by atoms with E-state index in [9.17, 15) is 0 Å². The Hall–Kier alpha value is 0.190. The largest absolute Gasteiger partial charge is 0.261 e. The van der Waals surface area contributed by atoms with Crippen molar-refractivity contribution in [1.82, 2.24) is 9.78 Å². The SMILES string of the molecule is C/N=c1/sc(Br)nn1C(C)SC. The molecule has 3 nitrogen and oxygen atoms in total. The average Bonchev–Trinajstić information content (AvgIpc) is 2.45. The molecular formula is C6H10BrN3S2. The first-order valence-electron chi connectivity index (χ1n) is 3.39. The van der Waals surface area contributed by atoms with E-state index >= 15 is 0 Å². The second-order valence-electron chi connectivity index (χ2n) is 2.14. The summed E-state index contributed by atoms with van der Waals surface area (Å²) in [4.78, 5) is 5.08. The van der Waals surface area contributed by atoms with Crippen molar-refractivity contribution in [2.24, 2.45) is 4.99 Å². The molecule has 0 N–H and O–H groups in total. The lowest BCUT2D eigenvalue weighted by molar-refractivity contribution is 0.611. The van der Waals surface area contributed by atoms with E-state index in [0.29, 0.717) is 5.37 Å². The molecule has 1 atom stereocenters. The van der Waals surface area contributed by atoms with Crippen LogP contribution in [0.3, 0.4) is 0 Å². The van der Waals surface area contributed by atoms with Gasteiger partial charge in [0.15, 0.2) is 3.92 Å². The molecule has 1 heterocycles. The van der Waals surface area contributed by atoms with Crippen molar-refractivity contribution in [2.45, 2.75) is 12.3 Å². The lowest BCUT2D eigenvalue weighted by Crippen LogP contribution is -2.18. The summed E-state index contributed by atoms with van der Waals surface area (Å²) in [6.45, 7) is 2.10. The Balaban J connectivity index is 3.14. The first-order chi connectivity index (χ1) is 5.69. The zero-order valence-electron chi connectivity index (χ0n) is 7.11. The molecule has 1 aromatic rings. The molecule has 0 aliphatic heterocycles. The molecule has 0 fully saturated rings. The molecule has 1 aromatic heterocycles. The molecule has 0 spiro atoms. The molecule has 1 unspecified atom stereocenters. The molecule has 0 saturated heterocycles. The topological polar surface area (TPSA) is 30.2 Å². The third-order valence-corrected chi connectivity index (χ3v) is 3.76. The normalized spacial score (nSPS) is 15.2. The van der Waals surface area contributed by atoms with Gasteiger partial charge in [0, 0.05) is 7.05 Å². The number of hydrogen-bond donors (Lipinski definition) is 0. The standard InChI is InChI=1S/C6H10BrN3S2/c1-4(11-3)10-6(8-2)12-5(7)9-10/h4H,1-3H3/b8-6+. The first kappa shape index (κ1) is 10.3. The maximum absolute atomic E-state index is 4.29. The second-order valence-corrected chi connectivity index (χ2v) is 5.53.